The number of aromatic nitrogens is 1. The smallest absolute Gasteiger partial charge is 0.199 e. The zero-order valence-electron chi connectivity index (χ0n) is 18.5. The number of anilines is 1. The lowest BCUT2D eigenvalue weighted by Crippen LogP contribution is -2.38. The summed E-state index contributed by atoms with van der Waals surface area (Å²) < 4.78 is 5.41. The first-order valence-corrected chi connectivity index (χ1v) is 11.4. The lowest BCUT2D eigenvalue weighted by molar-refractivity contribution is 0.0398. The van der Waals surface area contributed by atoms with Gasteiger partial charge >= 0.3 is 0 Å². The summed E-state index contributed by atoms with van der Waals surface area (Å²) in [6, 6.07) is 26.0. The Bertz CT molecular complexity index is 1230. The van der Waals surface area contributed by atoms with Crippen LogP contribution in [0.1, 0.15) is 11.1 Å². The molecule has 3 N–H and O–H groups in total. The summed E-state index contributed by atoms with van der Waals surface area (Å²) in [6.07, 6.45) is 0. The maximum Gasteiger partial charge on any atom is 0.199 e. The number of benzene rings is 3. The Kier molecular flexibility index (Phi) is 6.37. The molecule has 0 unspecified atom stereocenters. The van der Waals surface area contributed by atoms with Gasteiger partial charge < -0.3 is 20.1 Å². The molecule has 5 rings (SSSR count). The highest BCUT2D eigenvalue weighted by Gasteiger charge is 2.18. The minimum Gasteiger partial charge on any atom is -0.494 e. The maximum absolute atomic E-state index is 10.7. The first kappa shape index (κ1) is 21.2. The van der Waals surface area contributed by atoms with Gasteiger partial charge in [0.1, 0.15) is 0 Å². The first-order valence-electron chi connectivity index (χ1n) is 11.4. The van der Waals surface area contributed by atoms with Gasteiger partial charge in [-0.1, -0.05) is 48.5 Å². The molecule has 0 spiro atoms. The van der Waals surface area contributed by atoms with Crippen molar-refractivity contribution < 1.29 is 9.84 Å². The lowest BCUT2D eigenvalue weighted by atomic mass is 10.0. The van der Waals surface area contributed by atoms with Gasteiger partial charge in [0.15, 0.2) is 5.88 Å². The van der Waals surface area contributed by atoms with E-state index in [0.717, 1.165) is 72.9 Å². The van der Waals surface area contributed by atoms with Crippen LogP contribution in [0, 0.1) is 0 Å². The quantitative estimate of drug-likeness (QED) is 0.362. The third kappa shape index (κ3) is 4.92. The van der Waals surface area contributed by atoms with Crippen LogP contribution < -0.4 is 5.32 Å². The molecule has 0 amide bonds. The molecule has 0 radical (unpaired) electrons. The summed E-state index contributed by atoms with van der Waals surface area (Å²) in [5, 5.41) is 15.2. The molecule has 168 valence electrons. The minimum atomic E-state index is 0.125. The Labute approximate surface area is 193 Å². The van der Waals surface area contributed by atoms with Crippen LogP contribution in [-0.2, 0) is 4.74 Å². The Morgan fingerprint density at radius 3 is 2.45 bits per heavy atom. The second-order valence-electron chi connectivity index (χ2n) is 8.15. The van der Waals surface area contributed by atoms with E-state index in [9.17, 15) is 5.11 Å². The molecule has 6 heteroatoms. The molecule has 1 aliphatic heterocycles. The van der Waals surface area contributed by atoms with Gasteiger partial charge in [-0.2, -0.15) is 0 Å². The van der Waals surface area contributed by atoms with E-state index in [2.05, 4.69) is 27.3 Å². The summed E-state index contributed by atoms with van der Waals surface area (Å²) in [7, 11) is 0. The van der Waals surface area contributed by atoms with E-state index in [0.29, 0.717) is 5.56 Å². The molecule has 2 heterocycles. The normalized spacial score (nSPS) is 15.1. The SMILES string of the molecule is Oc1[nH]c2ccccc2c1C(=Nc1ccc(NCCN2CCOCC2)cc1)c1ccccc1. The second kappa shape index (κ2) is 9.90. The van der Waals surface area contributed by atoms with E-state index in [1.54, 1.807) is 0 Å². The molecule has 0 atom stereocenters. The van der Waals surface area contributed by atoms with Gasteiger partial charge in [0.05, 0.1) is 30.2 Å². The van der Waals surface area contributed by atoms with E-state index >= 15 is 0 Å². The van der Waals surface area contributed by atoms with Crippen LogP contribution in [0.2, 0.25) is 0 Å². The number of nitrogens with zero attached hydrogens (tertiary/aromatic N) is 2. The molecule has 33 heavy (non-hydrogen) atoms. The molecule has 6 nitrogen and oxygen atoms in total. The number of ether oxygens (including phenoxy) is 1. The highest BCUT2D eigenvalue weighted by Crippen LogP contribution is 2.31. The van der Waals surface area contributed by atoms with E-state index in [-0.39, 0.29) is 5.88 Å². The predicted molar refractivity (Wildman–Crippen MR) is 134 cm³/mol. The topological polar surface area (TPSA) is 72.9 Å². The first-order chi connectivity index (χ1) is 16.3. The third-order valence-corrected chi connectivity index (χ3v) is 5.94. The molecular formula is C27H28N4O2. The molecule has 0 saturated carbocycles. The molecule has 0 bridgehead atoms. The number of H-pyrrole nitrogens is 1. The van der Waals surface area contributed by atoms with Gasteiger partial charge in [0.25, 0.3) is 0 Å². The molecule has 1 aromatic heterocycles. The maximum atomic E-state index is 10.7. The zero-order chi connectivity index (χ0) is 22.5. The van der Waals surface area contributed by atoms with Crippen molar-refractivity contribution in [2.75, 3.05) is 44.7 Å². The van der Waals surface area contributed by atoms with Crippen molar-refractivity contribution in [2.24, 2.45) is 4.99 Å². The summed E-state index contributed by atoms with van der Waals surface area (Å²) in [6.45, 7) is 5.53. The van der Waals surface area contributed by atoms with E-state index in [4.69, 9.17) is 9.73 Å². The fourth-order valence-corrected chi connectivity index (χ4v) is 4.19. The Morgan fingerprint density at radius 2 is 1.67 bits per heavy atom. The van der Waals surface area contributed by atoms with Crippen LogP contribution in [0.25, 0.3) is 10.9 Å². The number of hydrogen-bond acceptors (Lipinski definition) is 5. The highest BCUT2D eigenvalue weighted by molar-refractivity contribution is 6.21. The van der Waals surface area contributed by atoms with Crippen LogP contribution in [0.4, 0.5) is 11.4 Å². The Hall–Kier alpha value is -3.61. The van der Waals surface area contributed by atoms with Crippen LogP contribution in [0.15, 0.2) is 83.9 Å². The highest BCUT2D eigenvalue weighted by atomic mass is 16.5. The van der Waals surface area contributed by atoms with Crippen LogP contribution in [-0.4, -0.2) is 60.1 Å². The summed E-state index contributed by atoms with van der Waals surface area (Å²) in [4.78, 5) is 10.5. The number of nitrogens with one attached hydrogen (secondary N) is 2. The Balaban J connectivity index is 1.39. The van der Waals surface area contributed by atoms with Gasteiger partial charge in [-0.15, -0.1) is 0 Å². The molecular weight excluding hydrogens is 412 g/mol. The van der Waals surface area contributed by atoms with Gasteiger partial charge in [0.2, 0.25) is 0 Å². The van der Waals surface area contributed by atoms with Crippen molar-refractivity contribution in [3.63, 3.8) is 0 Å². The minimum absolute atomic E-state index is 0.125. The average molecular weight is 441 g/mol. The van der Waals surface area contributed by atoms with E-state index < -0.39 is 0 Å². The standard InChI is InChI=1S/C27H28N4O2/c32-27-25(23-8-4-5-9-24(23)30-27)26(20-6-2-1-3-7-20)29-22-12-10-21(11-13-22)28-14-15-31-16-18-33-19-17-31/h1-13,28,30,32H,14-19H2. The predicted octanol–water partition coefficient (Wildman–Crippen LogP) is 4.79. The largest absolute Gasteiger partial charge is 0.494 e. The number of morpholine rings is 1. The molecule has 4 aromatic rings. The average Bonchev–Trinajstić information content (AvgIpc) is 3.20. The summed E-state index contributed by atoms with van der Waals surface area (Å²) in [5.74, 6) is 0.125. The van der Waals surface area contributed by atoms with Gasteiger partial charge in [0, 0.05) is 48.3 Å². The third-order valence-electron chi connectivity index (χ3n) is 5.94. The van der Waals surface area contributed by atoms with Gasteiger partial charge in [-0.3, -0.25) is 4.90 Å². The number of hydrogen-bond donors (Lipinski definition) is 3. The zero-order valence-corrected chi connectivity index (χ0v) is 18.5. The number of rotatable bonds is 7. The van der Waals surface area contributed by atoms with Crippen LogP contribution in [0.5, 0.6) is 5.88 Å². The summed E-state index contributed by atoms with van der Waals surface area (Å²) in [5.41, 5.74) is 5.18. The van der Waals surface area contributed by atoms with Crippen LogP contribution in [0.3, 0.4) is 0 Å². The van der Waals surface area contributed by atoms with Crippen molar-refractivity contribution in [1.82, 2.24) is 9.88 Å². The molecule has 1 aliphatic rings. The number of aromatic amines is 1. The Morgan fingerprint density at radius 1 is 0.939 bits per heavy atom. The lowest BCUT2D eigenvalue weighted by Gasteiger charge is -2.26. The van der Waals surface area contributed by atoms with Crippen molar-refractivity contribution in [3.05, 3.63) is 90.0 Å². The van der Waals surface area contributed by atoms with Crippen molar-refractivity contribution in [3.8, 4) is 5.88 Å². The fraction of sp³-hybridized carbons (Fsp3) is 0.222. The van der Waals surface area contributed by atoms with E-state index in [1.165, 1.54) is 0 Å². The van der Waals surface area contributed by atoms with Crippen molar-refractivity contribution in [1.29, 1.82) is 0 Å². The van der Waals surface area contributed by atoms with Crippen LogP contribution >= 0.6 is 0 Å². The summed E-state index contributed by atoms with van der Waals surface area (Å²) >= 11 is 0. The molecule has 0 aliphatic carbocycles. The van der Waals surface area contributed by atoms with Gasteiger partial charge in [-0.05, 0) is 30.3 Å². The van der Waals surface area contributed by atoms with Crippen molar-refractivity contribution >= 4 is 28.0 Å². The second-order valence-corrected chi connectivity index (χ2v) is 8.15. The molecule has 3 aromatic carbocycles. The number of aromatic hydroxyl groups is 1. The van der Waals surface area contributed by atoms with Gasteiger partial charge in [-0.25, -0.2) is 4.99 Å². The van der Waals surface area contributed by atoms with E-state index in [1.807, 2.05) is 66.7 Å². The number of para-hydroxylation sites is 1. The molecule has 1 fully saturated rings. The number of aliphatic imine (C=N–C) groups is 1. The molecule has 1 saturated heterocycles. The monoisotopic (exact) mass is 440 g/mol. The fourth-order valence-electron chi connectivity index (χ4n) is 4.19. The van der Waals surface area contributed by atoms with Crippen molar-refractivity contribution in [2.45, 2.75) is 0 Å². The number of fused-ring (bicyclic) bond motifs is 1.